The van der Waals surface area contributed by atoms with Crippen LogP contribution in [-0.2, 0) is 9.59 Å². The van der Waals surface area contributed by atoms with Gasteiger partial charge in [-0.15, -0.1) is 11.3 Å². The number of methoxy groups -OCH3 is 1. The van der Waals surface area contributed by atoms with E-state index in [1.165, 1.54) is 18.4 Å². The molecule has 31 heavy (non-hydrogen) atoms. The molecule has 2 heterocycles. The first-order valence-corrected chi connectivity index (χ1v) is 10.2. The molecular weight excluding hydrogens is 440 g/mol. The van der Waals surface area contributed by atoms with Crippen molar-refractivity contribution < 1.29 is 19.1 Å². The Bertz CT molecular complexity index is 1180. The predicted molar refractivity (Wildman–Crippen MR) is 118 cm³/mol. The van der Waals surface area contributed by atoms with Gasteiger partial charge in [0.2, 0.25) is 0 Å². The van der Waals surface area contributed by atoms with E-state index in [9.17, 15) is 14.4 Å². The number of carbonyl (C=O) groups excluding carboxylic acids is 3. The first kappa shape index (κ1) is 20.6. The number of aromatic nitrogens is 1. The van der Waals surface area contributed by atoms with Gasteiger partial charge in [-0.25, -0.2) is 9.88 Å². The molecule has 0 bridgehead atoms. The zero-order valence-electron chi connectivity index (χ0n) is 16.1. The second kappa shape index (κ2) is 8.58. The van der Waals surface area contributed by atoms with Gasteiger partial charge in [-0.1, -0.05) is 11.6 Å². The van der Waals surface area contributed by atoms with E-state index in [4.69, 9.17) is 16.3 Å². The van der Waals surface area contributed by atoms with Crippen molar-refractivity contribution in [1.82, 2.24) is 4.98 Å². The normalized spacial score (nSPS) is 13.5. The largest absolute Gasteiger partial charge is 0.497 e. The van der Waals surface area contributed by atoms with E-state index in [1.807, 2.05) is 0 Å². The third kappa shape index (κ3) is 4.14. The number of hydrogen-bond donors (Lipinski definition) is 2. The van der Waals surface area contributed by atoms with Gasteiger partial charge >= 0.3 is 0 Å². The van der Waals surface area contributed by atoms with E-state index >= 15 is 0 Å². The van der Waals surface area contributed by atoms with Gasteiger partial charge in [-0.3, -0.25) is 19.7 Å². The molecule has 2 aromatic carbocycles. The van der Waals surface area contributed by atoms with Crippen LogP contribution in [0.5, 0.6) is 5.75 Å². The average molecular weight is 455 g/mol. The summed E-state index contributed by atoms with van der Waals surface area (Å²) < 4.78 is 5.09. The van der Waals surface area contributed by atoms with Crippen molar-refractivity contribution in [2.24, 2.45) is 0 Å². The van der Waals surface area contributed by atoms with Crippen LogP contribution >= 0.6 is 22.9 Å². The van der Waals surface area contributed by atoms with Crippen LogP contribution in [-0.4, -0.2) is 29.8 Å². The maximum absolute atomic E-state index is 12.8. The van der Waals surface area contributed by atoms with E-state index in [-0.39, 0.29) is 16.6 Å². The highest BCUT2D eigenvalue weighted by molar-refractivity contribution is 7.13. The second-order valence-corrected chi connectivity index (χ2v) is 7.60. The number of carbonyl (C=O) groups is 3. The van der Waals surface area contributed by atoms with E-state index in [2.05, 4.69) is 15.6 Å². The fraction of sp³-hybridized carbons (Fsp3) is 0.0476. The van der Waals surface area contributed by atoms with Crippen molar-refractivity contribution in [3.8, 4) is 5.75 Å². The van der Waals surface area contributed by atoms with Gasteiger partial charge in [0.1, 0.15) is 16.5 Å². The van der Waals surface area contributed by atoms with Crippen molar-refractivity contribution in [1.29, 1.82) is 0 Å². The van der Waals surface area contributed by atoms with Crippen molar-refractivity contribution in [3.63, 3.8) is 0 Å². The molecule has 3 amide bonds. The molecule has 1 aromatic heterocycles. The summed E-state index contributed by atoms with van der Waals surface area (Å²) in [6, 6.07) is 12.9. The van der Waals surface area contributed by atoms with Crippen LogP contribution in [0.2, 0.25) is 0 Å². The van der Waals surface area contributed by atoms with Crippen LogP contribution in [0, 0.1) is 0 Å². The molecule has 0 saturated heterocycles. The number of imide groups is 1. The zero-order valence-corrected chi connectivity index (χ0v) is 17.7. The number of hydrogen-bond acceptors (Lipinski definition) is 7. The number of nitrogens with zero attached hydrogens (tertiary/aromatic N) is 2. The lowest BCUT2D eigenvalue weighted by molar-refractivity contribution is -0.120. The SMILES string of the molecule is COc1ccc(N2C(=O)C(Cl)=C(Nc3ccc(C(=O)Nc4nccs4)cc3)C2=O)cc1. The fourth-order valence-corrected chi connectivity index (χ4v) is 3.62. The van der Waals surface area contributed by atoms with Crippen LogP contribution in [0.1, 0.15) is 10.4 Å². The summed E-state index contributed by atoms with van der Waals surface area (Å²) >= 11 is 7.46. The summed E-state index contributed by atoms with van der Waals surface area (Å²) in [4.78, 5) is 42.6. The second-order valence-electron chi connectivity index (χ2n) is 6.33. The lowest BCUT2D eigenvalue weighted by Gasteiger charge is -2.15. The highest BCUT2D eigenvalue weighted by atomic mass is 35.5. The molecule has 0 radical (unpaired) electrons. The van der Waals surface area contributed by atoms with Gasteiger partial charge in [-0.05, 0) is 48.5 Å². The highest BCUT2D eigenvalue weighted by Crippen LogP contribution is 2.31. The number of anilines is 3. The Balaban J connectivity index is 1.48. The molecule has 8 nitrogen and oxygen atoms in total. The minimum absolute atomic E-state index is 0.0394. The third-order valence-electron chi connectivity index (χ3n) is 4.43. The van der Waals surface area contributed by atoms with Crippen molar-refractivity contribution in [3.05, 3.63) is 76.4 Å². The minimum atomic E-state index is -0.626. The lowest BCUT2D eigenvalue weighted by Crippen LogP contribution is -2.32. The van der Waals surface area contributed by atoms with Crippen LogP contribution in [0.3, 0.4) is 0 Å². The molecule has 0 unspecified atom stereocenters. The first-order valence-electron chi connectivity index (χ1n) is 8.98. The van der Waals surface area contributed by atoms with Gasteiger partial charge < -0.3 is 10.1 Å². The summed E-state index contributed by atoms with van der Waals surface area (Å²) in [5, 5.41) is 7.60. The van der Waals surface area contributed by atoms with Crippen LogP contribution in [0.4, 0.5) is 16.5 Å². The highest BCUT2D eigenvalue weighted by Gasteiger charge is 2.38. The van der Waals surface area contributed by atoms with Crippen molar-refractivity contribution in [2.75, 3.05) is 22.6 Å². The molecule has 1 aliphatic heterocycles. The van der Waals surface area contributed by atoms with Crippen LogP contribution < -0.4 is 20.3 Å². The maximum atomic E-state index is 12.8. The smallest absolute Gasteiger partial charge is 0.283 e. The van der Waals surface area contributed by atoms with Crippen LogP contribution in [0.15, 0.2) is 70.8 Å². The Kier molecular flexibility index (Phi) is 5.70. The molecule has 10 heteroatoms. The van der Waals surface area contributed by atoms with Gasteiger partial charge in [0.05, 0.1) is 12.8 Å². The van der Waals surface area contributed by atoms with Crippen molar-refractivity contribution in [2.45, 2.75) is 0 Å². The molecule has 3 aromatic rings. The summed E-state index contributed by atoms with van der Waals surface area (Å²) in [7, 11) is 1.52. The molecule has 0 aliphatic carbocycles. The Morgan fingerprint density at radius 3 is 2.39 bits per heavy atom. The maximum Gasteiger partial charge on any atom is 0.283 e. The zero-order chi connectivity index (χ0) is 22.0. The number of rotatable bonds is 6. The first-order chi connectivity index (χ1) is 15.0. The molecule has 2 N–H and O–H groups in total. The number of benzene rings is 2. The Hall–Kier alpha value is -3.69. The number of nitrogens with one attached hydrogen (secondary N) is 2. The van der Waals surface area contributed by atoms with Crippen molar-refractivity contribution >= 4 is 57.2 Å². The topological polar surface area (TPSA) is 101 Å². The summed E-state index contributed by atoms with van der Waals surface area (Å²) in [5.41, 5.74) is 1.24. The lowest BCUT2D eigenvalue weighted by atomic mass is 10.2. The monoisotopic (exact) mass is 454 g/mol. The van der Waals surface area contributed by atoms with Gasteiger partial charge in [-0.2, -0.15) is 0 Å². The average Bonchev–Trinajstić information content (AvgIpc) is 3.37. The van der Waals surface area contributed by atoms with Gasteiger partial charge in [0.25, 0.3) is 17.7 Å². The standard InChI is InChI=1S/C21H15ClN4O4S/c1-30-15-8-6-14(7-9-15)26-19(28)16(22)17(20(26)29)24-13-4-2-12(3-5-13)18(27)25-21-23-10-11-31-21/h2-11,24H,1H3,(H,23,25,27). The molecule has 156 valence electrons. The van der Waals surface area contributed by atoms with Gasteiger partial charge in [0.15, 0.2) is 5.13 Å². The Morgan fingerprint density at radius 2 is 1.77 bits per heavy atom. The summed E-state index contributed by atoms with van der Waals surface area (Å²) in [6.07, 6.45) is 1.60. The number of ether oxygens (including phenoxy) is 1. The quantitative estimate of drug-likeness (QED) is 0.549. The van der Waals surface area contributed by atoms with Gasteiger partial charge in [0, 0.05) is 22.8 Å². The fourth-order valence-electron chi connectivity index (χ4n) is 2.88. The van der Waals surface area contributed by atoms with E-state index < -0.39 is 11.8 Å². The molecular formula is C21H15ClN4O4S. The van der Waals surface area contributed by atoms with Crippen LogP contribution in [0.25, 0.3) is 0 Å². The molecule has 0 atom stereocenters. The van der Waals surface area contributed by atoms with E-state index in [1.54, 1.807) is 60.1 Å². The Labute approximate surface area is 186 Å². The summed E-state index contributed by atoms with van der Waals surface area (Å²) in [5.74, 6) is -0.916. The number of amides is 3. The number of thiazole rings is 1. The molecule has 0 saturated carbocycles. The molecule has 1 aliphatic rings. The van der Waals surface area contributed by atoms with E-state index in [0.29, 0.717) is 27.8 Å². The number of halogens is 1. The molecule has 0 fully saturated rings. The third-order valence-corrected chi connectivity index (χ3v) is 5.47. The predicted octanol–water partition coefficient (Wildman–Crippen LogP) is 3.84. The summed E-state index contributed by atoms with van der Waals surface area (Å²) in [6.45, 7) is 0. The minimum Gasteiger partial charge on any atom is -0.497 e. The molecule has 4 rings (SSSR count). The van der Waals surface area contributed by atoms with E-state index in [0.717, 1.165) is 4.90 Å². The molecule has 0 spiro atoms. The Morgan fingerprint density at radius 1 is 1.06 bits per heavy atom.